The number of benzene rings is 1. The van der Waals surface area contributed by atoms with Gasteiger partial charge in [0.1, 0.15) is 0 Å². The topological polar surface area (TPSA) is 40.5 Å². The number of hydrogen-bond donors (Lipinski definition) is 2. The van der Waals surface area contributed by atoms with Crippen LogP contribution in [0.5, 0.6) is 0 Å². The molecule has 1 aromatic carbocycles. The van der Waals surface area contributed by atoms with Crippen LogP contribution in [0.4, 0.5) is 0 Å². The molecule has 0 saturated carbocycles. The van der Waals surface area contributed by atoms with Crippen LogP contribution in [0.3, 0.4) is 0 Å². The summed E-state index contributed by atoms with van der Waals surface area (Å²) in [5.74, 6) is 0. The fraction of sp³-hybridized carbons (Fsp3) is 0.250. The van der Waals surface area contributed by atoms with E-state index >= 15 is 0 Å². The molecule has 0 aliphatic heterocycles. The Balaban J connectivity index is 2.71. The second-order valence-electron chi connectivity index (χ2n) is 2.67. The standard InChI is InChI=1S/C8H11BO2/c1-7-3-2-4-8(5-7)6-9(10)11/h2-5,10-11H,6H2,1H3. The van der Waals surface area contributed by atoms with Gasteiger partial charge in [0.15, 0.2) is 0 Å². The fourth-order valence-corrected chi connectivity index (χ4v) is 1.05. The number of hydrogen-bond acceptors (Lipinski definition) is 2. The van der Waals surface area contributed by atoms with Crippen molar-refractivity contribution in [2.75, 3.05) is 0 Å². The Morgan fingerprint density at radius 3 is 2.64 bits per heavy atom. The highest BCUT2D eigenvalue weighted by molar-refractivity contribution is 6.40. The van der Waals surface area contributed by atoms with Crippen molar-refractivity contribution in [2.24, 2.45) is 0 Å². The largest absolute Gasteiger partial charge is 0.456 e. The number of aryl methyl sites for hydroxylation is 1. The summed E-state index contributed by atoms with van der Waals surface area (Å²) in [4.78, 5) is 0. The van der Waals surface area contributed by atoms with Gasteiger partial charge in [-0.25, -0.2) is 0 Å². The second-order valence-corrected chi connectivity index (χ2v) is 2.67. The third-order valence-electron chi connectivity index (χ3n) is 1.50. The molecule has 2 nitrogen and oxygen atoms in total. The maximum absolute atomic E-state index is 8.65. The third kappa shape index (κ3) is 2.74. The number of rotatable bonds is 2. The summed E-state index contributed by atoms with van der Waals surface area (Å²) < 4.78 is 0. The Morgan fingerprint density at radius 1 is 1.36 bits per heavy atom. The molecule has 11 heavy (non-hydrogen) atoms. The average molecular weight is 150 g/mol. The Morgan fingerprint density at radius 2 is 2.09 bits per heavy atom. The van der Waals surface area contributed by atoms with Crippen molar-refractivity contribution in [3.8, 4) is 0 Å². The summed E-state index contributed by atoms with van der Waals surface area (Å²) >= 11 is 0. The molecule has 0 spiro atoms. The summed E-state index contributed by atoms with van der Waals surface area (Å²) in [6.45, 7) is 1.98. The van der Waals surface area contributed by atoms with Gasteiger partial charge >= 0.3 is 7.12 Å². The lowest BCUT2D eigenvalue weighted by Gasteiger charge is -1.99. The molecule has 3 heteroatoms. The van der Waals surface area contributed by atoms with Gasteiger partial charge in [-0.05, 0) is 12.5 Å². The minimum absolute atomic E-state index is 0.307. The van der Waals surface area contributed by atoms with E-state index in [2.05, 4.69) is 0 Å². The van der Waals surface area contributed by atoms with Gasteiger partial charge in [0, 0.05) is 6.32 Å². The Labute approximate surface area is 66.6 Å². The molecule has 0 bridgehead atoms. The summed E-state index contributed by atoms with van der Waals surface area (Å²) in [5, 5.41) is 17.3. The van der Waals surface area contributed by atoms with Gasteiger partial charge < -0.3 is 10.0 Å². The van der Waals surface area contributed by atoms with Gasteiger partial charge in [0.25, 0.3) is 0 Å². The zero-order valence-corrected chi connectivity index (χ0v) is 6.49. The lowest BCUT2D eigenvalue weighted by molar-refractivity contribution is 0.405. The molecule has 0 aromatic heterocycles. The first-order chi connectivity index (χ1) is 5.18. The second kappa shape index (κ2) is 3.55. The van der Waals surface area contributed by atoms with Gasteiger partial charge in [-0.3, -0.25) is 0 Å². The van der Waals surface area contributed by atoms with Crippen LogP contribution in [0, 0.1) is 6.92 Å². The van der Waals surface area contributed by atoms with Crippen molar-refractivity contribution in [3.63, 3.8) is 0 Å². The summed E-state index contributed by atoms with van der Waals surface area (Å²) in [6.07, 6.45) is 0.307. The van der Waals surface area contributed by atoms with E-state index in [4.69, 9.17) is 10.0 Å². The van der Waals surface area contributed by atoms with E-state index in [-0.39, 0.29) is 0 Å². The molecule has 0 amide bonds. The average Bonchev–Trinajstić information content (AvgIpc) is 1.85. The smallest absolute Gasteiger partial charge is 0.427 e. The van der Waals surface area contributed by atoms with Crippen molar-refractivity contribution in [1.29, 1.82) is 0 Å². The van der Waals surface area contributed by atoms with Crippen LogP contribution in [0.25, 0.3) is 0 Å². The van der Waals surface area contributed by atoms with Crippen molar-refractivity contribution in [1.82, 2.24) is 0 Å². The Bertz CT molecular complexity index is 235. The van der Waals surface area contributed by atoms with Crippen LogP contribution in [-0.4, -0.2) is 17.2 Å². The molecule has 1 rings (SSSR count). The Kier molecular flexibility index (Phi) is 2.68. The highest BCUT2D eigenvalue weighted by Crippen LogP contribution is 2.04. The van der Waals surface area contributed by atoms with E-state index in [1.165, 1.54) is 0 Å². The molecule has 0 fully saturated rings. The van der Waals surface area contributed by atoms with Crippen LogP contribution in [0.15, 0.2) is 24.3 Å². The predicted octanol–water partition coefficient (Wildman–Crippen LogP) is 0.550. The SMILES string of the molecule is Cc1cccc(CB(O)O)c1. The van der Waals surface area contributed by atoms with E-state index in [9.17, 15) is 0 Å². The minimum atomic E-state index is -1.24. The first kappa shape index (κ1) is 8.30. The maximum atomic E-state index is 8.65. The van der Waals surface area contributed by atoms with E-state index in [0.29, 0.717) is 6.32 Å². The van der Waals surface area contributed by atoms with Gasteiger partial charge in [-0.15, -0.1) is 0 Å². The van der Waals surface area contributed by atoms with E-state index < -0.39 is 7.12 Å². The van der Waals surface area contributed by atoms with Crippen molar-refractivity contribution < 1.29 is 10.0 Å². The van der Waals surface area contributed by atoms with Gasteiger partial charge in [0.05, 0.1) is 0 Å². The molecule has 0 saturated heterocycles. The highest BCUT2D eigenvalue weighted by Gasteiger charge is 2.06. The van der Waals surface area contributed by atoms with E-state index in [1.807, 2.05) is 31.2 Å². The van der Waals surface area contributed by atoms with E-state index in [0.717, 1.165) is 11.1 Å². The first-order valence-electron chi connectivity index (χ1n) is 3.60. The van der Waals surface area contributed by atoms with Crippen molar-refractivity contribution >= 4 is 7.12 Å². The summed E-state index contributed by atoms with van der Waals surface area (Å²) in [5.41, 5.74) is 2.10. The highest BCUT2D eigenvalue weighted by atomic mass is 16.4. The normalized spacial score (nSPS) is 9.73. The van der Waals surface area contributed by atoms with Crippen molar-refractivity contribution in [3.05, 3.63) is 35.4 Å². The van der Waals surface area contributed by atoms with Crippen LogP contribution in [0.2, 0.25) is 0 Å². The zero-order valence-electron chi connectivity index (χ0n) is 6.49. The Hall–Kier alpha value is -0.795. The molecule has 0 aliphatic rings. The van der Waals surface area contributed by atoms with Crippen LogP contribution in [-0.2, 0) is 6.32 Å². The molecule has 2 N–H and O–H groups in total. The van der Waals surface area contributed by atoms with Gasteiger partial charge in [-0.1, -0.05) is 29.8 Å². The van der Waals surface area contributed by atoms with Crippen LogP contribution in [0.1, 0.15) is 11.1 Å². The monoisotopic (exact) mass is 150 g/mol. The lowest BCUT2D eigenvalue weighted by atomic mass is 9.82. The molecule has 1 aromatic rings. The molecule has 0 heterocycles. The lowest BCUT2D eigenvalue weighted by Crippen LogP contribution is -2.14. The fourth-order valence-electron chi connectivity index (χ4n) is 1.05. The van der Waals surface area contributed by atoms with Gasteiger partial charge in [0.2, 0.25) is 0 Å². The third-order valence-corrected chi connectivity index (χ3v) is 1.50. The van der Waals surface area contributed by atoms with Crippen LogP contribution >= 0.6 is 0 Å². The van der Waals surface area contributed by atoms with Crippen LogP contribution < -0.4 is 0 Å². The molecular formula is C8H11BO2. The predicted molar refractivity (Wildman–Crippen MR) is 45.1 cm³/mol. The van der Waals surface area contributed by atoms with E-state index in [1.54, 1.807) is 0 Å². The minimum Gasteiger partial charge on any atom is -0.427 e. The zero-order chi connectivity index (χ0) is 8.27. The van der Waals surface area contributed by atoms with Gasteiger partial charge in [-0.2, -0.15) is 0 Å². The molecule has 0 radical (unpaired) electrons. The first-order valence-corrected chi connectivity index (χ1v) is 3.60. The molecule has 0 aliphatic carbocycles. The van der Waals surface area contributed by atoms with Crippen molar-refractivity contribution in [2.45, 2.75) is 13.2 Å². The maximum Gasteiger partial charge on any atom is 0.456 e. The quantitative estimate of drug-likeness (QED) is 0.604. The molecule has 0 atom stereocenters. The molecule has 0 unspecified atom stereocenters. The summed E-state index contributed by atoms with van der Waals surface area (Å²) in [7, 11) is -1.24. The molecule has 58 valence electrons. The molecular weight excluding hydrogens is 139 g/mol. The summed E-state index contributed by atoms with van der Waals surface area (Å²) in [6, 6.07) is 7.71.